The van der Waals surface area contributed by atoms with E-state index in [0.29, 0.717) is 24.6 Å². The largest absolute Gasteiger partial charge is 0.366 e. The lowest BCUT2D eigenvalue weighted by molar-refractivity contribution is 0.0785. The molecule has 5 nitrogen and oxygen atoms in total. The zero-order chi connectivity index (χ0) is 15.5. The third kappa shape index (κ3) is 2.83. The van der Waals surface area contributed by atoms with Crippen molar-refractivity contribution in [1.29, 1.82) is 0 Å². The third-order valence-electron chi connectivity index (χ3n) is 4.01. The SMILES string of the molecule is NC(=O)c1ccnc(C(=O)N2CCC(c3ccccc3)C2)c1. The van der Waals surface area contributed by atoms with E-state index in [2.05, 4.69) is 17.1 Å². The third-order valence-corrected chi connectivity index (χ3v) is 4.01. The second kappa shape index (κ2) is 5.97. The number of rotatable bonds is 3. The Kier molecular flexibility index (Phi) is 3.87. The molecule has 2 amide bonds. The summed E-state index contributed by atoms with van der Waals surface area (Å²) in [5.41, 5.74) is 7.06. The van der Waals surface area contributed by atoms with Crippen molar-refractivity contribution in [3.05, 3.63) is 65.5 Å². The molecule has 3 rings (SSSR count). The second-order valence-corrected chi connectivity index (χ2v) is 5.44. The first-order valence-electron chi connectivity index (χ1n) is 7.25. The fourth-order valence-electron chi connectivity index (χ4n) is 2.80. The van der Waals surface area contributed by atoms with Crippen LogP contribution in [0.1, 0.15) is 38.7 Å². The van der Waals surface area contributed by atoms with Gasteiger partial charge >= 0.3 is 0 Å². The highest BCUT2D eigenvalue weighted by molar-refractivity contribution is 5.97. The molecule has 2 heterocycles. The van der Waals surface area contributed by atoms with Gasteiger partial charge in [-0.3, -0.25) is 14.6 Å². The lowest BCUT2D eigenvalue weighted by atomic mass is 9.99. The molecular formula is C17H17N3O2. The maximum absolute atomic E-state index is 12.5. The van der Waals surface area contributed by atoms with E-state index in [9.17, 15) is 9.59 Å². The molecule has 22 heavy (non-hydrogen) atoms. The molecule has 1 unspecified atom stereocenters. The van der Waals surface area contributed by atoms with Gasteiger partial charge in [0.05, 0.1) is 0 Å². The van der Waals surface area contributed by atoms with Crippen LogP contribution >= 0.6 is 0 Å². The molecule has 1 atom stereocenters. The number of hydrogen-bond acceptors (Lipinski definition) is 3. The summed E-state index contributed by atoms with van der Waals surface area (Å²) >= 11 is 0. The van der Waals surface area contributed by atoms with Crippen LogP contribution in [0, 0.1) is 0 Å². The molecule has 0 aliphatic carbocycles. The Morgan fingerprint density at radius 3 is 2.68 bits per heavy atom. The van der Waals surface area contributed by atoms with E-state index < -0.39 is 5.91 Å². The number of hydrogen-bond donors (Lipinski definition) is 1. The van der Waals surface area contributed by atoms with Gasteiger partial charge in [0.25, 0.3) is 5.91 Å². The number of nitrogens with two attached hydrogens (primary N) is 1. The predicted octanol–water partition coefficient (Wildman–Crippen LogP) is 1.81. The second-order valence-electron chi connectivity index (χ2n) is 5.44. The predicted molar refractivity (Wildman–Crippen MR) is 82.5 cm³/mol. The minimum absolute atomic E-state index is 0.151. The number of benzene rings is 1. The first-order valence-corrected chi connectivity index (χ1v) is 7.25. The Hall–Kier alpha value is -2.69. The number of pyridine rings is 1. The summed E-state index contributed by atoms with van der Waals surface area (Å²) in [5.74, 6) is -0.356. The van der Waals surface area contributed by atoms with Crippen molar-refractivity contribution >= 4 is 11.8 Å². The Balaban J connectivity index is 1.74. The van der Waals surface area contributed by atoms with Gasteiger partial charge in [-0.05, 0) is 24.1 Å². The molecule has 5 heteroatoms. The van der Waals surface area contributed by atoms with E-state index in [4.69, 9.17) is 5.73 Å². The number of carbonyl (C=O) groups excluding carboxylic acids is 2. The van der Waals surface area contributed by atoms with Gasteiger partial charge in [-0.25, -0.2) is 0 Å². The van der Waals surface area contributed by atoms with Gasteiger partial charge in [0.15, 0.2) is 0 Å². The summed E-state index contributed by atoms with van der Waals surface area (Å²) in [6, 6.07) is 13.2. The molecule has 0 radical (unpaired) electrons. The molecule has 1 saturated heterocycles. The summed E-state index contributed by atoms with van der Waals surface area (Å²) < 4.78 is 0. The summed E-state index contributed by atoms with van der Waals surface area (Å²) in [6.07, 6.45) is 2.38. The molecule has 0 bridgehead atoms. The Labute approximate surface area is 128 Å². The number of nitrogens with zero attached hydrogens (tertiary/aromatic N) is 2. The van der Waals surface area contributed by atoms with Crippen LogP contribution in [0.5, 0.6) is 0 Å². The number of amides is 2. The van der Waals surface area contributed by atoms with Gasteiger partial charge < -0.3 is 10.6 Å². The molecule has 1 aliphatic rings. The monoisotopic (exact) mass is 295 g/mol. The summed E-state index contributed by atoms with van der Waals surface area (Å²) in [4.78, 5) is 29.6. The zero-order valence-electron chi connectivity index (χ0n) is 12.1. The Morgan fingerprint density at radius 1 is 1.18 bits per heavy atom. The van der Waals surface area contributed by atoms with Crippen LogP contribution in [0.15, 0.2) is 48.7 Å². The van der Waals surface area contributed by atoms with Crippen molar-refractivity contribution < 1.29 is 9.59 Å². The molecule has 1 fully saturated rings. The fraction of sp³-hybridized carbons (Fsp3) is 0.235. The van der Waals surface area contributed by atoms with Crippen LogP contribution in [0.25, 0.3) is 0 Å². The van der Waals surface area contributed by atoms with Crippen LogP contribution in [-0.4, -0.2) is 34.8 Å². The van der Waals surface area contributed by atoms with Crippen molar-refractivity contribution in [2.24, 2.45) is 5.73 Å². The van der Waals surface area contributed by atoms with Gasteiger partial charge in [0.2, 0.25) is 5.91 Å². The maximum atomic E-state index is 12.5. The number of likely N-dealkylation sites (tertiary alicyclic amines) is 1. The molecular weight excluding hydrogens is 278 g/mol. The number of carbonyl (C=O) groups is 2. The molecule has 2 N–H and O–H groups in total. The summed E-state index contributed by atoms with van der Waals surface area (Å²) in [7, 11) is 0. The van der Waals surface area contributed by atoms with Crippen LogP contribution in [0.4, 0.5) is 0 Å². The highest BCUT2D eigenvalue weighted by Crippen LogP contribution is 2.27. The van der Waals surface area contributed by atoms with Crippen molar-refractivity contribution in [2.75, 3.05) is 13.1 Å². The van der Waals surface area contributed by atoms with E-state index in [1.165, 1.54) is 23.9 Å². The molecule has 2 aromatic rings. The standard InChI is InChI=1S/C17H17N3O2/c18-16(21)13-6-8-19-15(10-13)17(22)20-9-7-14(11-20)12-4-2-1-3-5-12/h1-6,8,10,14H,7,9,11H2,(H2,18,21). The zero-order valence-corrected chi connectivity index (χ0v) is 12.1. The highest BCUT2D eigenvalue weighted by Gasteiger charge is 2.28. The minimum Gasteiger partial charge on any atom is -0.366 e. The van der Waals surface area contributed by atoms with Crippen molar-refractivity contribution in [3.63, 3.8) is 0 Å². The molecule has 0 spiro atoms. The van der Waals surface area contributed by atoms with Gasteiger partial charge in [0, 0.05) is 30.8 Å². The lowest BCUT2D eigenvalue weighted by Crippen LogP contribution is -2.29. The Bertz CT molecular complexity index is 700. The van der Waals surface area contributed by atoms with E-state index >= 15 is 0 Å². The number of primary amides is 1. The molecule has 0 saturated carbocycles. The first-order chi connectivity index (χ1) is 10.6. The molecule has 1 aliphatic heterocycles. The topological polar surface area (TPSA) is 76.3 Å². The smallest absolute Gasteiger partial charge is 0.272 e. The average Bonchev–Trinajstić information content (AvgIpc) is 3.05. The van der Waals surface area contributed by atoms with Gasteiger partial charge in [-0.2, -0.15) is 0 Å². The van der Waals surface area contributed by atoms with Crippen LogP contribution in [-0.2, 0) is 0 Å². The van der Waals surface area contributed by atoms with E-state index in [1.807, 2.05) is 18.2 Å². The van der Waals surface area contributed by atoms with Gasteiger partial charge in [-0.15, -0.1) is 0 Å². The molecule has 1 aromatic heterocycles. The van der Waals surface area contributed by atoms with E-state index in [-0.39, 0.29) is 11.6 Å². The van der Waals surface area contributed by atoms with Crippen molar-refractivity contribution in [1.82, 2.24) is 9.88 Å². The average molecular weight is 295 g/mol. The number of aromatic nitrogens is 1. The molecule has 112 valence electrons. The Morgan fingerprint density at radius 2 is 1.95 bits per heavy atom. The highest BCUT2D eigenvalue weighted by atomic mass is 16.2. The summed E-state index contributed by atoms with van der Waals surface area (Å²) in [5, 5.41) is 0. The van der Waals surface area contributed by atoms with E-state index in [0.717, 1.165) is 6.42 Å². The quantitative estimate of drug-likeness (QED) is 0.938. The lowest BCUT2D eigenvalue weighted by Gasteiger charge is -2.16. The maximum Gasteiger partial charge on any atom is 0.272 e. The fourth-order valence-corrected chi connectivity index (χ4v) is 2.80. The van der Waals surface area contributed by atoms with Crippen molar-refractivity contribution in [3.8, 4) is 0 Å². The molecule has 1 aromatic carbocycles. The minimum atomic E-state index is -0.556. The van der Waals surface area contributed by atoms with Gasteiger partial charge in [-0.1, -0.05) is 30.3 Å². The van der Waals surface area contributed by atoms with Crippen LogP contribution < -0.4 is 5.73 Å². The first kappa shape index (κ1) is 14.3. The van der Waals surface area contributed by atoms with Crippen molar-refractivity contribution in [2.45, 2.75) is 12.3 Å². The van der Waals surface area contributed by atoms with E-state index in [1.54, 1.807) is 4.90 Å². The van der Waals surface area contributed by atoms with Crippen LogP contribution in [0.2, 0.25) is 0 Å². The van der Waals surface area contributed by atoms with Crippen LogP contribution in [0.3, 0.4) is 0 Å². The normalized spacial score (nSPS) is 17.5. The van der Waals surface area contributed by atoms with Gasteiger partial charge in [0.1, 0.15) is 5.69 Å². The summed E-state index contributed by atoms with van der Waals surface area (Å²) in [6.45, 7) is 1.37.